The average Bonchev–Trinajstić information content (AvgIpc) is 2.86. The largest absolute Gasteiger partial charge is 0.0654 e. The highest BCUT2D eigenvalue weighted by molar-refractivity contribution is 6.11. The quantitative estimate of drug-likeness (QED) is 0.259. The van der Waals surface area contributed by atoms with Crippen LogP contribution in [-0.4, -0.2) is 0 Å². The second-order valence-corrected chi connectivity index (χ2v) is 8.72. The third kappa shape index (κ3) is 3.60. The number of benzene rings is 5. The Balaban J connectivity index is 1.95. The monoisotopic (exact) mass is 414 g/mol. The molecule has 0 N–H and O–H groups in total. The Bertz CT molecular complexity index is 1360. The molecule has 5 rings (SSSR count). The summed E-state index contributed by atoms with van der Waals surface area (Å²) in [6, 6.07) is 37.9. The van der Waals surface area contributed by atoms with E-state index in [1.54, 1.807) is 0 Å². The van der Waals surface area contributed by atoms with Gasteiger partial charge in [0.1, 0.15) is 0 Å². The minimum absolute atomic E-state index is 0.558. The number of hydrogen-bond acceptors (Lipinski definition) is 0. The van der Waals surface area contributed by atoms with Gasteiger partial charge < -0.3 is 0 Å². The van der Waals surface area contributed by atoms with E-state index in [0.717, 1.165) is 6.42 Å². The van der Waals surface area contributed by atoms with Gasteiger partial charge >= 0.3 is 0 Å². The van der Waals surface area contributed by atoms with E-state index < -0.39 is 0 Å². The van der Waals surface area contributed by atoms with Crippen molar-refractivity contribution >= 4 is 21.5 Å². The first-order valence-electron chi connectivity index (χ1n) is 11.9. The maximum Gasteiger partial charge on any atom is -0.00177 e. The van der Waals surface area contributed by atoms with Crippen molar-refractivity contribution in [3.8, 4) is 22.3 Å². The topological polar surface area (TPSA) is 0 Å². The molecule has 1 atom stereocenters. The molecular formula is C32H30. The molecule has 0 saturated carbocycles. The first-order chi connectivity index (χ1) is 15.8. The van der Waals surface area contributed by atoms with E-state index in [0.29, 0.717) is 5.92 Å². The van der Waals surface area contributed by atoms with Gasteiger partial charge in [0.25, 0.3) is 0 Å². The number of rotatable bonds is 6. The fourth-order valence-electron chi connectivity index (χ4n) is 5.23. The van der Waals surface area contributed by atoms with E-state index in [1.807, 2.05) is 0 Å². The Kier molecular flexibility index (Phi) is 5.77. The zero-order valence-corrected chi connectivity index (χ0v) is 19.0. The second kappa shape index (κ2) is 9.01. The van der Waals surface area contributed by atoms with Gasteiger partial charge in [0.2, 0.25) is 0 Å². The highest BCUT2D eigenvalue weighted by Gasteiger charge is 2.21. The molecule has 0 heterocycles. The van der Waals surface area contributed by atoms with E-state index in [1.165, 1.54) is 62.2 Å². The molecule has 0 fully saturated rings. The molecule has 0 radical (unpaired) electrons. The van der Waals surface area contributed by atoms with Gasteiger partial charge in [-0.25, -0.2) is 0 Å². The molecule has 0 amide bonds. The zero-order valence-electron chi connectivity index (χ0n) is 19.0. The molecule has 0 unspecified atom stereocenters. The van der Waals surface area contributed by atoms with Crippen LogP contribution in [0.1, 0.15) is 44.6 Å². The fourth-order valence-corrected chi connectivity index (χ4v) is 5.23. The molecule has 32 heavy (non-hydrogen) atoms. The van der Waals surface area contributed by atoms with Crippen molar-refractivity contribution < 1.29 is 0 Å². The summed E-state index contributed by atoms with van der Waals surface area (Å²) in [5, 5.41) is 5.29. The maximum absolute atomic E-state index is 2.40. The SMILES string of the molecule is CCC[C@@H](CC)c1ccc2ccccc2c1-c1c(-c2ccccc2)ccc2ccccc12. The van der Waals surface area contributed by atoms with Crippen LogP contribution in [0.3, 0.4) is 0 Å². The lowest BCUT2D eigenvalue weighted by Gasteiger charge is -2.24. The van der Waals surface area contributed by atoms with Gasteiger partial charge in [0, 0.05) is 0 Å². The van der Waals surface area contributed by atoms with Crippen molar-refractivity contribution in [2.75, 3.05) is 0 Å². The molecule has 0 heteroatoms. The van der Waals surface area contributed by atoms with Crippen molar-refractivity contribution in [1.29, 1.82) is 0 Å². The van der Waals surface area contributed by atoms with Crippen molar-refractivity contribution in [3.05, 3.63) is 109 Å². The standard InChI is InChI=1S/C32H30/c1-3-12-23(4-2)29-21-19-25-15-8-10-17-27(25)31(29)32-28-18-11-9-16-26(28)20-22-30(32)24-13-6-5-7-14-24/h5-11,13-23H,3-4,12H2,1-2H3/t23-/m1/s1. The van der Waals surface area contributed by atoms with Gasteiger partial charge in [-0.3, -0.25) is 0 Å². The number of hydrogen-bond donors (Lipinski definition) is 0. The molecule has 0 spiro atoms. The third-order valence-corrected chi connectivity index (χ3v) is 6.79. The van der Waals surface area contributed by atoms with Crippen LogP contribution in [0.25, 0.3) is 43.8 Å². The van der Waals surface area contributed by atoms with E-state index in [-0.39, 0.29) is 0 Å². The molecular weight excluding hydrogens is 384 g/mol. The Hall–Kier alpha value is -3.38. The first-order valence-corrected chi connectivity index (χ1v) is 11.9. The summed E-state index contributed by atoms with van der Waals surface area (Å²) in [7, 11) is 0. The summed E-state index contributed by atoms with van der Waals surface area (Å²) in [5.41, 5.74) is 6.86. The van der Waals surface area contributed by atoms with Crippen LogP contribution in [0.4, 0.5) is 0 Å². The van der Waals surface area contributed by atoms with Gasteiger partial charge in [-0.15, -0.1) is 0 Å². The average molecular weight is 415 g/mol. The van der Waals surface area contributed by atoms with Crippen LogP contribution in [-0.2, 0) is 0 Å². The first kappa shape index (κ1) is 20.5. The van der Waals surface area contributed by atoms with Gasteiger partial charge in [-0.1, -0.05) is 123 Å². The minimum atomic E-state index is 0.558. The van der Waals surface area contributed by atoms with Crippen LogP contribution < -0.4 is 0 Å². The molecule has 158 valence electrons. The maximum atomic E-state index is 2.40. The lowest BCUT2D eigenvalue weighted by atomic mass is 9.80. The van der Waals surface area contributed by atoms with Gasteiger partial charge in [-0.05, 0) is 68.1 Å². The summed E-state index contributed by atoms with van der Waals surface area (Å²) in [4.78, 5) is 0. The minimum Gasteiger partial charge on any atom is -0.0654 e. The molecule has 0 saturated heterocycles. The third-order valence-electron chi connectivity index (χ3n) is 6.79. The van der Waals surface area contributed by atoms with Crippen molar-refractivity contribution in [3.63, 3.8) is 0 Å². The molecule has 5 aromatic rings. The van der Waals surface area contributed by atoms with Gasteiger partial charge in [-0.2, -0.15) is 0 Å². The lowest BCUT2D eigenvalue weighted by Crippen LogP contribution is -2.02. The van der Waals surface area contributed by atoms with Crippen molar-refractivity contribution in [2.24, 2.45) is 0 Å². The molecule has 0 aliphatic heterocycles. The predicted molar refractivity (Wildman–Crippen MR) is 140 cm³/mol. The summed E-state index contributed by atoms with van der Waals surface area (Å²) >= 11 is 0. The van der Waals surface area contributed by atoms with Crippen LogP contribution >= 0.6 is 0 Å². The van der Waals surface area contributed by atoms with Crippen LogP contribution in [0.15, 0.2) is 103 Å². The molecule has 0 bridgehead atoms. The highest BCUT2D eigenvalue weighted by atomic mass is 14.2. The Morgan fingerprint density at radius 3 is 1.81 bits per heavy atom. The fraction of sp³-hybridized carbons (Fsp3) is 0.188. The molecule has 5 aromatic carbocycles. The highest BCUT2D eigenvalue weighted by Crippen LogP contribution is 2.45. The van der Waals surface area contributed by atoms with Gasteiger partial charge in [0.15, 0.2) is 0 Å². The van der Waals surface area contributed by atoms with Crippen LogP contribution in [0.2, 0.25) is 0 Å². The molecule has 0 aromatic heterocycles. The van der Waals surface area contributed by atoms with Crippen molar-refractivity contribution in [2.45, 2.75) is 39.0 Å². The van der Waals surface area contributed by atoms with E-state index in [2.05, 4.69) is 117 Å². The summed E-state index contributed by atoms with van der Waals surface area (Å²) in [6.07, 6.45) is 3.57. The number of fused-ring (bicyclic) bond motifs is 2. The predicted octanol–water partition coefficient (Wildman–Crippen LogP) is 9.62. The Labute approximate surface area is 191 Å². The summed E-state index contributed by atoms with van der Waals surface area (Å²) in [5.74, 6) is 0.558. The smallest absolute Gasteiger partial charge is 0.00177 e. The molecule has 0 aliphatic rings. The Morgan fingerprint density at radius 2 is 1.16 bits per heavy atom. The van der Waals surface area contributed by atoms with E-state index >= 15 is 0 Å². The molecule has 0 nitrogen and oxygen atoms in total. The second-order valence-electron chi connectivity index (χ2n) is 8.72. The summed E-state index contributed by atoms with van der Waals surface area (Å²) in [6.45, 7) is 4.64. The van der Waals surface area contributed by atoms with E-state index in [9.17, 15) is 0 Å². The summed E-state index contributed by atoms with van der Waals surface area (Å²) < 4.78 is 0. The van der Waals surface area contributed by atoms with E-state index in [4.69, 9.17) is 0 Å². The zero-order chi connectivity index (χ0) is 21.9. The van der Waals surface area contributed by atoms with Gasteiger partial charge in [0.05, 0.1) is 0 Å². The van der Waals surface area contributed by atoms with Crippen molar-refractivity contribution in [1.82, 2.24) is 0 Å². The lowest BCUT2D eigenvalue weighted by molar-refractivity contribution is 0.597. The van der Waals surface area contributed by atoms with Crippen LogP contribution in [0, 0.1) is 0 Å². The molecule has 0 aliphatic carbocycles. The van der Waals surface area contributed by atoms with Crippen LogP contribution in [0.5, 0.6) is 0 Å². The Morgan fingerprint density at radius 1 is 0.562 bits per heavy atom. The normalized spacial score (nSPS) is 12.3.